The van der Waals surface area contributed by atoms with Gasteiger partial charge in [-0.15, -0.1) is 0 Å². The average Bonchev–Trinajstić information content (AvgIpc) is 3.21. The van der Waals surface area contributed by atoms with Crippen LogP contribution in [0.3, 0.4) is 0 Å². The molecular formula is C21H25N3O5S. The molecule has 1 fully saturated rings. The van der Waals surface area contributed by atoms with Crippen molar-refractivity contribution >= 4 is 22.1 Å². The van der Waals surface area contributed by atoms with Crippen LogP contribution in [0.5, 0.6) is 5.75 Å². The van der Waals surface area contributed by atoms with Gasteiger partial charge in [-0.25, -0.2) is 22.7 Å². The van der Waals surface area contributed by atoms with Crippen LogP contribution in [0, 0.1) is 0 Å². The number of carbonyl (C=O) groups excluding carboxylic acids is 2. The summed E-state index contributed by atoms with van der Waals surface area (Å²) in [6.07, 6.45) is 3.76. The van der Waals surface area contributed by atoms with Crippen LogP contribution in [0.25, 0.3) is 0 Å². The number of carbonyl (C=O) groups is 2. The van der Waals surface area contributed by atoms with E-state index in [-0.39, 0.29) is 10.9 Å². The van der Waals surface area contributed by atoms with Crippen molar-refractivity contribution < 1.29 is 22.7 Å². The molecule has 2 aromatic rings. The van der Waals surface area contributed by atoms with Crippen molar-refractivity contribution in [2.24, 2.45) is 0 Å². The lowest BCUT2D eigenvalue weighted by Gasteiger charge is -2.13. The Morgan fingerprint density at radius 1 is 0.967 bits per heavy atom. The van der Waals surface area contributed by atoms with E-state index in [0.29, 0.717) is 18.7 Å². The topological polar surface area (TPSA) is 114 Å². The van der Waals surface area contributed by atoms with E-state index in [1.807, 2.05) is 10.8 Å². The minimum absolute atomic E-state index is 0.00395. The minimum atomic E-state index is -3.94. The molecule has 0 atom stereocenters. The normalized spacial score (nSPS) is 14.1. The number of sulfonamides is 1. The summed E-state index contributed by atoms with van der Waals surface area (Å²) in [5.74, 6) is 0.453. The number of hydrogen-bond acceptors (Lipinski definition) is 5. The summed E-state index contributed by atoms with van der Waals surface area (Å²) < 4.78 is 31.9. The molecule has 0 heterocycles. The number of benzene rings is 2. The van der Waals surface area contributed by atoms with Gasteiger partial charge in [0.1, 0.15) is 5.75 Å². The third kappa shape index (κ3) is 6.48. The fraction of sp³-hybridized carbons (Fsp3) is 0.333. The highest BCUT2D eigenvalue weighted by Crippen LogP contribution is 2.17. The Balaban J connectivity index is 1.45. The lowest BCUT2D eigenvalue weighted by atomic mass is 10.1. The van der Waals surface area contributed by atoms with E-state index in [1.54, 1.807) is 36.4 Å². The molecule has 0 saturated heterocycles. The summed E-state index contributed by atoms with van der Waals surface area (Å²) in [5, 5.41) is 5.33. The third-order valence-corrected chi connectivity index (χ3v) is 6.13. The van der Waals surface area contributed by atoms with Gasteiger partial charge < -0.3 is 15.4 Å². The van der Waals surface area contributed by atoms with Gasteiger partial charge >= 0.3 is 12.1 Å². The number of urea groups is 1. The van der Waals surface area contributed by atoms with E-state index >= 15 is 0 Å². The number of para-hydroxylation sites is 1. The molecular weight excluding hydrogens is 406 g/mol. The van der Waals surface area contributed by atoms with Crippen LogP contribution in [-0.4, -0.2) is 33.1 Å². The van der Waals surface area contributed by atoms with E-state index in [4.69, 9.17) is 4.74 Å². The molecule has 30 heavy (non-hydrogen) atoms. The van der Waals surface area contributed by atoms with Crippen molar-refractivity contribution in [3.05, 3.63) is 60.2 Å². The Morgan fingerprint density at radius 2 is 1.63 bits per heavy atom. The molecule has 3 rings (SSSR count). The Morgan fingerprint density at radius 3 is 2.30 bits per heavy atom. The van der Waals surface area contributed by atoms with Crippen LogP contribution in [-0.2, 0) is 16.4 Å². The molecule has 9 heteroatoms. The van der Waals surface area contributed by atoms with Gasteiger partial charge in [-0.1, -0.05) is 43.2 Å². The molecule has 2 aromatic carbocycles. The van der Waals surface area contributed by atoms with E-state index in [2.05, 4.69) is 10.6 Å². The zero-order valence-electron chi connectivity index (χ0n) is 16.5. The average molecular weight is 432 g/mol. The first kappa shape index (κ1) is 21.6. The minimum Gasteiger partial charge on any atom is -0.410 e. The lowest BCUT2D eigenvalue weighted by Crippen LogP contribution is -2.43. The van der Waals surface area contributed by atoms with E-state index < -0.39 is 22.1 Å². The molecule has 1 aliphatic carbocycles. The van der Waals surface area contributed by atoms with Gasteiger partial charge in [-0.2, -0.15) is 0 Å². The van der Waals surface area contributed by atoms with Gasteiger partial charge in [0.2, 0.25) is 0 Å². The van der Waals surface area contributed by atoms with Gasteiger partial charge in [0, 0.05) is 12.6 Å². The van der Waals surface area contributed by atoms with Crippen LogP contribution in [0.15, 0.2) is 59.5 Å². The summed E-state index contributed by atoms with van der Waals surface area (Å²) in [7, 11) is -3.94. The van der Waals surface area contributed by atoms with Crippen LogP contribution in [0.1, 0.15) is 31.2 Å². The Labute approximate surface area is 176 Å². The van der Waals surface area contributed by atoms with Gasteiger partial charge in [0.15, 0.2) is 0 Å². The van der Waals surface area contributed by atoms with E-state index in [1.165, 1.54) is 12.1 Å². The SMILES string of the molecule is O=C(NC1CCCC1)NS(=O)(=O)c1ccc(CCNC(=O)Oc2ccccc2)cc1. The third-order valence-electron chi connectivity index (χ3n) is 4.79. The maximum Gasteiger partial charge on any atom is 0.412 e. The highest BCUT2D eigenvalue weighted by molar-refractivity contribution is 7.90. The standard InChI is InChI=1S/C21H25N3O5S/c25-20(23-17-6-4-5-7-17)24-30(27,28)19-12-10-16(11-13-19)14-15-22-21(26)29-18-8-2-1-3-9-18/h1-3,8-13,17H,4-7,14-15H2,(H,22,26)(H2,23,24,25). The van der Waals surface area contributed by atoms with E-state index in [9.17, 15) is 18.0 Å². The molecule has 0 bridgehead atoms. The second-order valence-electron chi connectivity index (χ2n) is 7.08. The maximum atomic E-state index is 12.4. The summed E-state index contributed by atoms with van der Waals surface area (Å²) in [5.41, 5.74) is 0.837. The lowest BCUT2D eigenvalue weighted by molar-refractivity contribution is 0.200. The van der Waals surface area contributed by atoms with Crippen LogP contribution < -0.4 is 20.1 Å². The zero-order valence-corrected chi connectivity index (χ0v) is 17.3. The van der Waals surface area contributed by atoms with Crippen molar-refractivity contribution in [3.63, 3.8) is 0 Å². The predicted molar refractivity (Wildman–Crippen MR) is 112 cm³/mol. The summed E-state index contributed by atoms with van der Waals surface area (Å²) >= 11 is 0. The molecule has 1 saturated carbocycles. The number of hydrogen-bond donors (Lipinski definition) is 3. The Kier molecular flexibility index (Phi) is 7.29. The Bertz CT molecular complexity index is 956. The molecule has 0 spiro atoms. The molecule has 1 aliphatic rings. The van der Waals surface area contributed by atoms with Gasteiger partial charge in [-0.3, -0.25) is 0 Å². The molecule has 0 aliphatic heterocycles. The number of ether oxygens (including phenoxy) is 1. The number of nitrogens with one attached hydrogen (secondary N) is 3. The smallest absolute Gasteiger partial charge is 0.410 e. The summed E-state index contributed by atoms with van der Waals surface area (Å²) in [6, 6.07) is 14.2. The van der Waals surface area contributed by atoms with E-state index in [0.717, 1.165) is 31.2 Å². The second-order valence-corrected chi connectivity index (χ2v) is 8.77. The van der Waals surface area contributed by atoms with Crippen molar-refractivity contribution in [3.8, 4) is 5.75 Å². The first-order chi connectivity index (χ1) is 14.4. The molecule has 3 amide bonds. The highest BCUT2D eigenvalue weighted by atomic mass is 32.2. The predicted octanol–water partition coefficient (Wildman–Crippen LogP) is 2.95. The van der Waals surface area contributed by atoms with Crippen LogP contribution in [0.4, 0.5) is 9.59 Å². The maximum absolute atomic E-state index is 12.4. The second kappa shape index (κ2) is 10.1. The molecule has 160 valence electrons. The molecule has 0 radical (unpaired) electrons. The van der Waals surface area contributed by atoms with Crippen molar-refractivity contribution in [1.82, 2.24) is 15.4 Å². The highest BCUT2D eigenvalue weighted by Gasteiger charge is 2.21. The summed E-state index contributed by atoms with van der Waals surface area (Å²) in [4.78, 5) is 23.7. The van der Waals surface area contributed by atoms with Crippen LogP contribution in [0.2, 0.25) is 0 Å². The van der Waals surface area contributed by atoms with Gasteiger partial charge in [0.05, 0.1) is 4.90 Å². The first-order valence-corrected chi connectivity index (χ1v) is 11.3. The van der Waals surface area contributed by atoms with Gasteiger partial charge in [0.25, 0.3) is 10.0 Å². The van der Waals surface area contributed by atoms with Crippen molar-refractivity contribution in [2.45, 2.75) is 43.0 Å². The summed E-state index contributed by atoms with van der Waals surface area (Å²) in [6.45, 7) is 0.333. The zero-order chi connectivity index (χ0) is 21.4. The van der Waals surface area contributed by atoms with Crippen molar-refractivity contribution in [1.29, 1.82) is 0 Å². The van der Waals surface area contributed by atoms with Gasteiger partial charge in [-0.05, 0) is 49.1 Å². The number of rotatable bonds is 7. The van der Waals surface area contributed by atoms with Crippen LogP contribution >= 0.6 is 0 Å². The van der Waals surface area contributed by atoms with Crippen molar-refractivity contribution in [2.75, 3.05) is 6.54 Å². The molecule has 8 nitrogen and oxygen atoms in total. The number of amides is 3. The largest absolute Gasteiger partial charge is 0.412 e. The Hall–Kier alpha value is -3.07. The monoisotopic (exact) mass is 431 g/mol. The molecule has 3 N–H and O–H groups in total. The first-order valence-electron chi connectivity index (χ1n) is 9.85. The fourth-order valence-corrected chi connectivity index (χ4v) is 4.16. The molecule has 0 aromatic heterocycles. The quantitative estimate of drug-likeness (QED) is 0.624. The molecule has 0 unspecified atom stereocenters. The fourth-order valence-electron chi connectivity index (χ4n) is 3.24.